The van der Waals surface area contributed by atoms with Gasteiger partial charge in [-0.3, -0.25) is 4.79 Å². The van der Waals surface area contributed by atoms with Crippen molar-refractivity contribution in [2.45, 2.75) is 57.5 Å². The molecular weight excluding hydrogens is 276 g/mol. The first kappa shape index (κ1) is 16.8. The maximum atomic E-state index is 11.8. The summed E-state index contributed by atoms with van der Waals surface area (Å²) in [5, 5.41) is 2.92. The largest absolute Gasteiger partial charge is 0.399 e. The van der Waals surface area contributed by atoms with Crippen LogP contribution in [0.2, 0.25) is 0 Å². The predicted molar refractivity (Wildman–Crippen MR) is 89.6 cm³/mol. The van der Waals surface area contributed by atoms with Gasteiger partial charge in [0.1, 0.15) is 0 Å². The molecule has 1 aromatic rings. The van der Waals surface area contributed by atoms with Crippen LogP contribution in [0.3, 0.4) is 0 Å². The fourth-order valence-corrected chi connectivity index (χ4v) is 2.92. The minimum absolute atomic E-state index is 0.0627. The Balaban J connectivity index is 1.57. The number of ether oxygens (including phenoxy) is 1. The number of nitrogens with two attached hydrogens (primary N) is 1. The molecule has 0 heterocycles. The van der Waals surface area contributed by atoms with E-state index in [1.165, 1.54) is 38.5 Å². The van der Waals surface area contributed by atoms with Crippen LogP contribution in [0.5, 0.6) is 0 Å². The van der Waals surface area contributed by atoms with Crippen molar-refractivity contribution in [1.29, 1.82) is 0 Å². The number of rotatable bonds is 7. The molecule has 4 heteroatoms. The summed E-state index contributed by atoms with van der Waals surface area (Å²) < 4.78 is 5.86. The van der Waals surface area contributed by atoms with Crippen LogP contribution < -0.4 is 11.1 Å². The standard InChI is InChI=1S/C18H28N2O2/c19-17-10-6-5-7-15(17)11-12-18(21)20-13-14-22-16-8-3-1-2-4-9-16/h5-7,10,16H,1-4,8-9,11-14,19H2,(H,20,21). The number of nitrogen functional groups attached to an aromatic ring is 1. The van der Waals surface area contributed by atoms with Crippen molar-refractivity contribution in [3.63, 3.8) is 0 Å². The normalized spacial score (nSPS) is 16.2. The lowest BCUT2D eigenvalue weighted by Gasteiger charge is -2.15. The Hall–Kier alpha value is -1.55. The molecule has 0 spiro atoms. The first-order chi connectivity index (χ1) is 10.8. The van der Waals surface area contributed by atoms with E-state index >= 15 is 0 Å². The van der Waals surface area contributed by atoms with Gasteiger partial charge in [0.05, 0.1) is 12.7 Å². The molecule has 1 amide bonds. The molecule has 2 rings (SSSR count). The fraction of sp³-hybridized carbons (Fsp3) is 0.611. The molecular formula is C18H28N2O2. The SMILES string of the molecule is Nc1ccccc1CCC(=O)NCCOC1CCCCCC1. The minimum Gasteiger partial charge on any atom is -0.399 e. The van der Waals surface area contributed by atoms with Gasteiger partial charge in [0.25, 0.3) is 0 Å². The summed E-state index contributed by atoms with van der Waals surface area (Å²) in [4.78, 5) is 11.8. The monoisotopic (exact) mass is 304 g/mol. The van der Waals surface area contributed by atoms with E-state index in [4.69, 9.17) is 10.5 Å². The summed E-state index contributed by atoms with van der Waals surface area (Å²) in [6.07, 6.45) is 9.09. The van der Waals surface area contributed by atoms with Crippen LogP contribution in [0.15, 0.2) is 24.3 Å². The molecule has 1 fully saturated rings. The molecule has 4 nitrogen and oxygen atoms in total. The van der Waals surface area contributed by atoms with Crippen molar-refractivity contribution in [2.75, 3.05) is 18.9 Å². The second-order valence-electron chi connectivity index (χ2n) is 6.03. The number of carbonyl (C=O) groups excluding carboxylic acids is 1. The lowest BCUT2D eigenvalue weighted by molar-refractivity contribution is -0.121. The Labute approximate surface area is 133 Å². The molecule has 0 aliphatic heterocycles. The highest BCUT2D eigenvalue weighted by molar-refractivity contribution is 5.76. The van der Waals surface area contributed by atoms with Gasteiger partial charge < -0.3 is 15.8 Å². The summed E-state index contributed by atoms with van der Waals surface area (Å²) in [5.74, 6) is 0.0627. The molecule has 1 aromatic carbocycles. The van der Waals surface area contributed by atoms with Crippen molar-refractivity contribution in [1.82, 2.24) is 5.32 Å². The molecule has 0 aromatic heterocycles. The quantitative estimate of drug-likeness (QED) is 0.462. The fourth-order valence-electron chi connectivity index (χ4n) is 2.92. The molecule has 0 saturated heterocycles. The van der Waals surface area contributed by atoms with Gasteiger partial charge in [0, 0.05) is 18.7 Å². The zero-order valence-corrected chi connectivity index (χ0v) is 13.4. The molecule has 122 valence electrons. The van der Waals surface area contributed by atoms with Gasteiger partial charge in [-0.2, -0.15) is 0 Å². The summed E-state index contributed by atoms with van der Waals surface area (Å²) in [5.41, 5.74) is 7.66. The highest BCUT2D eigenvalue weighted by Crippen LogP contribution is 2.19. The van der Waals surface area contributed by atoms with Crippen LogP contribution in [0.25, 0.3) is 0 Å². The number of benzene rings is 1. The molecule has 0 bridgehead atoms. The number of hydrogen-bond acceptors (Lipinski definition) is 3. The lowest BCUT2D eigenvalue weighted by atomic mass is 10.1. The Morgan fingerprint density at radius 1 is 1.18 bits per heavy atom. The second-order valence-corrected chi connectivity index (χ2v) is 6.03. The van der Waals surface area contributed by atoms with Gasteiger partial charge >= 0.3 is 0 Å². The van der Waals surface area contributed by atoms with Crippen LogP contribution in [0, 0.1) is 0 Å². The second kappa shape index (κ2) is 9.46. The van der Waals surface area contributed by atoms with Gasteiger partial charge in [-0.15, -0.1) is 0 Å². The Morgan fingerprint density at radius 3 is 2.64 bits per heavy atom. The first-order valence-electron chi connectivity index (χ1n) is 8.47. The van der Waals surface area contributed by atoms with Crippen molar-refractivity contribution in [3.8, 4) is 0 Å². The van der Waals surface area contributed by atoms with E-state index in [0.717, 1.165) is 11.3 Å². The number of para-hydroxylation sites is 1. The zero-order valence-electron chi connectivity index (χ0n) is 13.4. The number of nitrogens with one attached hydrogen (secondary N) is 1. The Kier molecular flexibility index (Phi) is 7.23. The predicted octanol–water partition coefficient (Wildman–Crippen LogP) is 3.06. The molecule has 0 unspecified atom stereocenters. The van der Waals surface area contributed by atoms with Gasteiger partial charge in [-0.05, 0) is 30.9 Å². The van der Waals surface area contributed by atoms with E-state index < -0.39 is 0 Å². The number of anilines is 1. The molecule has 0 atom stereocenters. The number of hydrogen-bond donors (Lipinski definition) is 2. The number of carbonyl (C=O) groups is 1. The molecule has 0 radical (unpaired) electrons. The van der Waals surface area contributed by atoms with Crippen molar-refractivity contribution < 1.29 is 9.53 Å². The van der Waals surface area contributed by atoms with Crippen LogP contribution in [0.1, 0.15) is 50.5 Å². The zero-order chi connectivity index (χ0) is 15.6. The minimum atomic E-state index is 0.0627. The van der Waals surface area contributed by atoms with Crippen LogP contribution >= 0.6 is 0 Å². The van der Waals surface area contributed by atoms with E-state index in [-0.39, 0.29) is 5.91 Å². The number of aryl methyl sites for hydroxylation is 1. The Morgan fingerprint density at radius 2 is 1.91 bits per heavy atom. The molecule has 3 N–H and O–H groups in total. The molecule has 1 saturated carbocycles. The van der Waals surface area contributed by atoms with E-state index in [9.17, 15) is 4.79 Å². The van der Waals surface area contributed by atoms with E-state index in [2.05, 4.69) is 5.32 Å². The summed E-state index contributed by atoms with van der Waals surface area (Å²) in [6.45, 7) is 1.21. The molecule has 1 aliphatic carbocycles. The van der Waals surface area contributed by atoms with E-state index in [1.54, 1.807) is 0 Å². The summed E-state index contributed by atoms with van der Waals surface area (Å²) >= 11 is 0. The van der Waals surface area contributed by atoms with Gasteiger partial charge in [0.2, 0.25) is 5.91 Å². The smallest absolute Gasteiger partial charge is 0.220 e. The van der Waals surface area contributed by atoms with Crippen LogP contribution in [0.4, 0.5) is 5.69 Å². The third-order valence-electron chi connectivity index (χ3n) is 4.26. The topological polar surface area (TPSA) is 64.4 Å². The molecule has 1 aliphatic rings. The molecule has 22 heavy (non-hydrogen) atoms. The third-order valence-corrected chi connectivity index (χ3v) is 4.26. The van der Waals surface area contributed by atoms with Crippen LogP contribution in [-0.4, -0.2) is 25.2 Å². The van der Waals surface area contributed by atoms with Gasteiger partial charge in [0.15, 0.2) is 0 Å². The average molecular weight is 304 g/mol. The summed E-state index contributed by atoms with van der Waals surface area (Å²) in [7, 11) is 0. The highest BCUT2D eigenvalue weighted by Gasteiger charge is 2.12. The third kappa shape index (κ3) is 6.06. The first-order valence-corrected chi connectivity index (χ1v) is 8.47. The van der Waals surface area contributed by atoms with Gasteiger partial charge in [-0.1, -0.05) is 43.9 Å². The highest BCUT2D eigenvalue weighted by atomic mass is 16.5. The van der Waals surface area contributed by atoms with Gasteiger partial charge in [-0.25, -0.2) is 0 Å². The van der Waals surface area contributed by atoms with E-state index in [1.807, 2.05) is 24.3 Å². The van der Waals surface area contributed by atoms with Crippen LogP contribution in [-0.2, 0) is 16.0 Å². The van der Waals surface area contributed by atoms with Crippen molar-refractivity contribution >= 4 is 11.6 Å². The van der Waals surface area contributed by atoms with E-state index in [0.29, 0.717) is 32.1 Å². The van der Waals surface area contributed by atoms with Crippen molar-refractivity contribution in [2.24, 2.45) is 0 Å². The van der Waals surface area contributed by atoms with Crippen molar-refractivity contribution in [3.05, 3.63) is 29.8 Å². The Bertz CT molecular complexity index is 454. The maximum absolute atomic E-state index is 11.8. The number of amides is 1. The lowest BCUT2D eigenvalue weighted by Crippen LogP contribution is -2.29. The summed E-state index contributed by atoms with van der Waals surface area (Å²) in [6, 6.07) is 7.69. The average Bonchev–Trinajstić information content (AvgIpc) is 2.79. The maximum Gasteiger partial charge on any atom is 0.220 e.